The van der Waals surface area contributed by atoms with E-state index < -0.39 is 22.0 Å². The molecule has 0 aliphatic carbocycles. The first-order valence-electron chi connectivity index (χ1n) is 6.51. The number of anilines is 1. The van der Waals surface area contributed by atoms with Crippen molar-refractivity contribution >= 4 is 27.7 Å². The molecule has 0 radical (unpaired) electrons. The zero-order valence-corrected chi connectivity index (χ0v) is 13.6. The van der Waals surface area contributed by atoms with Crippen molar-refractivity contribution in [1.82, 2.24) is 4.72 Å². The Kier molecular flexibility index (Phi) is 6.73. The molecule has 23 heavy (non-hydrogen) atoms. The summed E-state index contributed by atoms with van der Waals surface area (Å²) in [6, 6.07) is 5.24. The average Bonchev–Trinajstić information content (AvgIpc) is 2.47. The van der Waals surface area contributed by atoms with E-state index in [0.29, 0.717) is 5.69 Å². The monoisotopic (exact) mass is 342 g/mol. The van der Waals surface area contributed by atoms with Crippen molar-refractivity contribution < 1.29 is 27.5 Å². The number of carbonyl (C=O) groups excluding carboxylic acids is 2. The van der Waals surface area contributed by atoms with Crippen LogP contribution in [0.15, 0.2) is 41.3 Å². The lowest BCUT2D eigenvalue weighted by Gasteiger charge is -2.09. The lowest BCUT2D eigenvalue weighted by Crippen LogP contribution is -2.30. The number of rotatable bonds is 7. The van der Waals surface area contributed by atoms with Crippen molar-refractivity contribution in [2.45, 2.75) is 11.8 Å². The van der Waals surface area contributed by atoms with Crippen molar-refractivity contribution in [3.63, 3.8) is 0 Å². The maximum atomic E-state index is 12.0. The van der Waals surface area contributed by atoms with Gasteiger partial charge in [-0.25, -0.2) is 17.9 Å². The van der Waals surface area contributed by atoms with Gasteiger partial charge in [0.1, 0.15) is 6.61 Å². The number of hydrogen-bond acceptors (Lipinski definition) is 6. The van der Waals surface area contributed by atoms with E-state index in [2.05, 4.69) is 11.9 Å². The number of ether oxygens (including phenoxy) is 2. The predicted molar refractivity (Wildman–Crippen MR) is 83.4 cm³/mol. The fourth-order valence-electron chi connectivity index (χ4n) is 1.36. The third kappa shape index (κ3) is 6.09. The van der Waals surface area contributed by atoms with Crippen LogP contribution in [0.4, 0.5) is 10.5 Å². The molecule has 0 saturated carbocycles. The SMILES string of the molecule is C=C(C)C(=O)NS(=O)(=O)c1ccc(NC(=O)OCCOC)cc1. The van der Waals surface area contributed by atoms with Crippen molar-refractivity contribution in [2.24, 2.45) is 0 Å². The zero-order valence-electron chi connectivity index (χ0n) is 12.8. The number of nitrogens with one attached hydrogen (secondary N) is 2. The highest BCUT2D eigenvalue weighted by Gasteiger charge is 2.17. The first kappa shape index (κ1) is 18.7. The molecule has 0 aliphatic heterocycles. The standard InChI is InChI=1S/C14H18N2O6S/c1-10(2)13(17)16-23(19,20)12-6-4-11(5-7-12)15-14(18)22-9-8-21-3/h4-7H,1,8-9H2,2-3H3,(H,15,18)(H,16,17). The topological polar surface area (TPSA) is 111 Å². The molecular weight excluding hydrogens is 324 g/mol. The van der Waals surface area contributed by atoms with E-state index >= 15 is 0 Å². The molecule has 1 aromatic carbocycles. The zero-order chi connectivity index (χ0) is 17.5. The minimum atomic E-state index is -3.99. The molecule has 2 N–H and O–H groups in total. The Morgan fingerprint density at radius 1 is 1.17 bits per heavy atom. The van der Waals surface area contributed by atoms with Crippen molar-refractivity contribution in [3.8, 4) is 0 Å². The molecule has 2 amide bonds. The van der Waals surface area contributed by atoms with Crippen LogP contribution < -0.4 is 10.0 Å². The van der Waals surface area contributed by atoms with Crippen LogP contribution in [-0.4, -0.2) is 40.7 Å². The molecule has 0 aromatic heterocycles. The quantitative estimate of drug-likeness (QED) is 0.570. The Labute approximate surface area is 134 Å². The maximum Gasteiger partial charge on any atom is 0.411 e. The molecular formula is C14H18N2O6S. The van der Waals surface area contributed by atoms with Crippen LogP contribution in [0.3, 0.4) is 0 Å². The normalized spacial score (nSPS) is 10.7. The summed E-state index contributed by atoms with van der Waals surface area (Å²) in [7, 11) is -2.51. The molecule has 0 aliphatic rings. The Morgan fingerprint density at radius 3 is 2.30 bits per heavy atom. The first-order valence-corrected chi connectivity index (χ1v) is 8.00. The fraction of sp³-hybridized carbons (Fsp3) is 0.286. The molecule has 0 atom stereocenters. The van der Waals surface area contributed by atoms with Crippen LogP contribution in [0.5, 0.6) is 0 Å². The highest BCUT2D eigenvalue weighted by molar-refractivity contribution is 7.90. The maximum absolute atomic E-state index is 12.0. The lowest BCUT2D eigenvalue weighted by molar-refractivity contribution is -0.115. The van der Waals surface area contributed by atoms with Crippen LogP contribution in [-0.2, 0) is 24.3 Å². The van der Waals surface area contributed by atoms with Gasteiger partial charge in [0.15, 0.2) is 0 Å². The van der Waals surface area contributed by atoms with E-state index in [1.807, 2.05) is 4.72 Å². The van der Waals surface area contributed by atoms with E-state index in [-0.39, 0.29) is 23.7 Å². The smallest absolute Gasteiger partial charge is 0.411 e. The third-order valence-electron chi connectivity index (χ3n) is 2.55. The molecule has 0 unspecified atom stereocenters. The van der Waals surface area contributed by atoms with Gasteiger partial charge in [0, 0.05) is 18.4 Å². The summed E-state index contributed by atoms with van der Waals surface area (Å²) in [6.07, 6.45) is -0.687. The number of amides is 2. The van der Waals surface area contributed by atoms with Crippen LogP contribution in [0.1, 0.15) is 6.92 Å². The second kappa shape index (κ2) is 8.30. The number of hydrogen-bond donors (Lipinski definition) is 2. The molecule has 0 bridgehead atoms. The Morgan fingerprint density at radius 2 is 1.78 bits per heavy atom. The van der Waals surface area contributed by atoms with Gasteiger partial charge in [0.25, 0.3) is 15.9 Å². The summed E-state index contributed by atoms with van der Waals surface area (Å²) < 4.78 is 35.3. The van der Waals surface area contributed by atoms with Crippen molar-refractivity contribution in [3.05, 3.63) is 36.4 Å². The molecule has 0 heterocycles. The molecule has 126 valence electrons. The van der Waals surface area contributed by atoms with Gasteiger partial charge in [-0.15, -0.1) is 0 Å². The van der Waals surface area contributed by atoms with Gasteiger partial charge in [-0.3, -0.25) is 10.1 Å². The van der Waals surface area contributed by atoms with Gasteiger partial charge in [-0.2, -0.15) is 0 Å². The minimum absolute atomic E-state index is 0.0747. The predicted octanol–water partition coefficient (Wildman–Crippen LogP) is 1.26. The van der Waals surface area contributed by atoms with Crippen LogP contribution in [0.2, 0.25) is 0 Å². The van der Waals surface area contributed by atoms with Gasteiger partial charge in [0.05, 0.1) is 11.5 Å². The van der Waals surface area contributed by atoms with E-state index in [0.717, 1.165) is 0 Å². The van der Waals surface area contributed by atoms with Gasteiger partial charge in [-0.1, -0.05) is 6.58 Å². The van der Waals surface area contributed by atoms with Crippen molar-refractivity contribution in [1.29, 1.82) is 0 Å². The second-order valence-electron chi connectivity index (χ2n) is 4.49. The number of carbonyl (C=O) groups is 2. The highest BCUT2D eigenvalue weighted by Crippen LogP contribution is 2.14. The van der Waals surface area contributed by atoms with Gasteiger partial charge in [0.2, 0.25) is 0 Å². The molecule has 1 rings (SSSR count). The van der Waals surface area contributed by atoms with E-state index in [1.165, 1.54) is 38.3 Å². The number of benzene rings is 1. The van der Waals surface area contributed by atoms with Gasteiger partial charge >= 0.3 is 6.09 Å². The fourth-order valence-corrected chi connectivity index (χ4v) is 2.39. The Hall–Kier alpha value is -2.39. The number of methoxy groups -OCH3 is 1. The largest absolute Gasteiger partial charge is 0.447 e. The highest BCUT2D eigenvalue weighted by atomic mass is 32.2. The number of sulfonamides is 1. The summed E-state index contributed by atoms with van der Waals surface area (Å²) in [5, 5.41) is 2.43. The molecule has 9 heteroatoms. The summed E-state index contributed by atoms with van der Waals surface area (Å²) in [6.45, 7) is 5.13. The van der Waals surface area contributed by atoms with E-state index in [4.69, 9.17) is 9.47 Å². The average molecular weight is 342 g/mol. The summed E-state index contributed by atoms with van der Waals surface area (Å²) in [5.74, 6) is -0.783. The summed E-state index contributed by atoms with van der Waals surface area (Å²) in [5.41, 5.74) is 0.420. The van der Waals surface area contributed by atoms with Crippen LogP contribution in [0.25, 0.3) is 0 Å². The second-order valence-corrected chi connectivity index (χ2v) is 6.18. The molecule has 0 spiro atoms. The molecule has 1 aromatic rings. The molecule has 8 nitrogen and oxygen atoms in total. The Balaban J connectivity index is 2.70. The summed E-state index contributed by atoms with van der Waals surface area (Å²) >= 11 is 0. The van der Waals surface area contributed by atoms with Crippen molar-refractivity contribution in [2.75, 3.05) is 25.6 Å². The van der Waals surface area contributed by atoms with Crippen LogP contribution in [0, 0.1) is 0 Å². The molecule has 0 fully saturated rings. The minimum Gasteiger partial charge on any atom is -0.447 e. The molecule has 0 saturated heterocycles. The third-order valence-corrected chi connectivity index (χ3v) is 3.89. The lowest BCUT2D eigenvalue weighted by atomic mass is 10.3. The van der Waals surface area contributed by atoms with E-state index in [9.17, 15) is 18.0 Å². The van der Waals surface area contributed by atoms with Gasteiger partial charge < -0.3 is 9.47 Å². The first-order chi connectivity index (χ1) is 10.8. The summed E-state index contributed by atoms with van der Waals surface area (Å²) in [4.78, 5) is 22.7. The van der Waals surface area contributed by atoms with E-state index in [1.54, 1.807) is 0 Å². The van der Waals surface area contributed by atoms with Crippen LogP contribution >= 0.6 is 0 Å². The Bertz CT molecular complexity index is 682. The van der Waals surface area contributed by atoms with Gasteiger partial charge in [-0.05, 0) is 31.2 Å².